The molecule has 152 valence electrons. The Bertz CT molecular complexity index is 1230. The molecule has 30 heavy (non-hydrogen) atoms. The van der Waals surface area contributed by atoms with E-state index in [0.717, 1.165) is 16.7 Å². The predicted octanol–water partition coefficient (Wildman–Crippen LogP) is 4.46. The largest absolute Gasteiger partial charge is 0.351 e. The van der Waals surface area contributed by atoms with Gasteiger partial charge in [-0.3, -0.25) is 14.2 Å². The summed E-state index contributed by atoms with van der Waals surface area (Å²) in [5, 5.41) is 5.70. The molecular formula is C23H21N3O2S2. The third kappa shape index (κ3) is 4.17. The van der Waals surface area contributed by atoms with Gasteiger partial charge in [0.2, 0.25) is 5.91 Å². The molecule has 0 spiro atoms. The molecule has 0 fully saturated rings. The topological polar surface area (TPSA) is 64.0 Å². The first kappa shape index (κ1) is 20.4. The monoisotopic (exact) mass is 435 g/mol. The van der Waals surface area contributed by atoms with Crippen molar-refractivity contribution in [2.45, 2.75) is 23.9 Å². The summed E-state index contributed by atoms with van der Waals surface area (Å²) >= 11 is 2.74. The number of carbonyl (C=O) groups excluding carboxylic acids is 1. The number of carbonyl (C=O) groups is 1. The molecule has 2 heterocycles. The van der Waals surface area contributed by atoms with E-state index in [2.05, 4.69) is 10.3 Å². The summed E-state index contributed by atoms with van der Waals surface area (Å²) in [6.07, 6.45) is 0. The summed E-state index contributed by atoms with van der Waals surface area (Å²) in [4.78, 5) is 31.0. The quantitative estimate of drug-likeness (QED) is 0.359. The van der Waals surface area contributed by atoms with E-state index in [1.54, 1.807) is 7.05 Å². The van der Waals surface area contributed by atoms with Gasteiger partial charge in [-0.15, -0.1) is 11.3 Å². The van der Waals surface area contributed by atoms with Gasteiger partial charge in [0.15, 0.2) is 5.16 Å². The van der Waals surface area contributed by atoms with Crippen LogP contribution in [0.2, 0.25) is 0 Å². The Kier molecular flexibility index (Phi) is 6.01. The number of hydrogen-bond acceptors (Lipinski definition) is 5. The fourth-order valence-corrected chi connectivity index (χ4v) is 5.02. The summed E-state index contributed by atoms with van der Waals surface area (Å²) in [7, 11) is 1.71. The van der Waals surface area contributed by atoms with Crippen LogP contribution in [0.5, 0.6) is 0 Å². The molecule has 1 amide bonds. The smallest absolute Gasteiger partial charge is 0.263 e. The molecule has 1 atom stereocenters. The maximum atomic E-state index is 13.1. The van der Waals surface area contributed by atoms with Crippen LogP contribution in [0.1, 0.15) is 12.5 Å². The summed E-state index contributed by atoms with van der Waals surface area (Å²) in [5.41, 5.74) is 2.84. The maximum absolute atomic E-state index is 13.1. The molecule has 0 aliphatic carbocycles. The van der Waals surface area contributed by atoms with Gasteiger partial charge in [-0.05, 0) is 18.1 Å². The lowest BCUT2D eigenvalue weighted by atomic mass is 10.1. The van der Waals surface area contributed by atoms with Gasteiger partial charge in [-0.1, -0.05) is 72.4 Å². The number of amides is 1. The second-order valence-electron chi connectivity index (χ2n) is 6.92. The highest BCUT2D eigenvalue weighted by Crippen LogP contribution is 2.32. The first-order valence-electron chi connectivity index (χ1n) is 9.56. The van der Waals surface area contributed by atoms with Crippen molar-refractivity contribution in [3.05, 3.63) is 82.0 Å². The first-order chi connectivity index (χ1) is 14.5. The summed E-state index contributed by atoms with van der Waals surface area (Å²) in [5.74, 6) is -0.0886. The van der Waals surface area contributed by atoms with Crippen molar-refractivity contribution in [1.29, 1.82) is 0 Å². The van der Waals surface area contributed by atoms with Crippen molar-refractivity contribution in [3.63, 3.8) is 0 Å². The highest BCUT2D eigenvalue weighted by atomic mass is 32.2. The van der Waals surface area contributed by atoms with E-state index in [4.69, 9.17) is 0 Å². The number of nitrogens with one attached hydrogen (secondary N) is 1. The lowest BCUT2D eigenvalue weighted by Crippen LogP contribution is -2.31. The first-order valence-corrected chi connectivity index (χ1v) is 11.3. The van der Waals surface area contributed by atoms with Gasteiger partial charge in [0, 0.05) is 24.5 Å². The average Bonchev–Trinajstić information content (AvgIpc) is 3.21. The molecule has 4 rings (SSSR count). The number of thioether (sulfide) groups is 1. The van der Waals surface area contributed by atoms with Gasteiger partial charge in [0.25, 0.3) is 5.56 Å². The van der Waals surface area contributed by atoms with Crippen LogP contribution in [-0.4, -0.2) is 20.7 Å². The standard InChI is InChI=1S/C23H21N3O2S2/c1-15(20(27)24-13-16-9-5-3-6-10-16)30-23-25-21-19(22(28)26(23)2)18(14-29-21)17-11-7-4-8-12-17/h3-12,14-15H,13H2,1-2H3,(H,24,27). The zero-order valence-corrected chi connectivity index (χ0v) is 18.3. The maximum Gasteiger partial charge on any atom is 0.263 e. The summed E-state index contributed by atoms with van der Waals surface area (Å²) in [6.45, 7) is 2.30. The molecule has 2 aromatic carbocycles. The third-order valence-corrected chi connectivity index (χ3v) is 6.84. The van der Waals surface area contributed by atoms with Crippen LogP contribution < -0.4 is 10.9 Å². The summed E-state index contributed by atoms with van der Waals surface area (Å²) < 4.78 is 1.53. The fraction of sp³-hybridized carbons (Fsp3) is 0.174. The Hall–Kier alpha value is -2.90. The Morgan fingerprint density at radius 2 is 1.80 bits per heavy atom. The second kappa shape index (κ2) is 8.85. The lowest BCUT2D eigenvalue weighted by Gasteiger charge is -2.13. The van der Waals surface area contributed by atoms with E-state index >= 15 is 0 Å². The minimum atomic E-state index is -0.377. The molecular weight excluding hydrogens is 414 g/mol. The van der Waals surface area contributed by atoms with Gasteiger partial charge in [0.1, 0.15) is 4.83 Å². The minimum absolute atomic E-state index is 0.0886. The van der Waals surface area contributed by atoms with Crippen molar-refractivity contribution in [3.8, 4) is 11.1 Å². The molecule has 5 nitrogen and oxygen atoms in total. The fourth-order valence-electron chi connectivity index (χ4n) is 3.13. The molecule has 1 unspecified atom stereocenters. The molecule has 0 bridgehead atoms. The molecule has 7 heteroatoms. The average molecular weight is 436 g/mol. The van der Waals surface area contributed by atoms with Crippen LogP contribution in [0.4, 0.5) is 0 Å². The molecule has 4 aromatic rings. The number of nitrogens with zero attached hydrogens (tertiary/aromatic N) is 2. The molecule has 0 saturated heterocycles. The number of hydrogen-bond donors (Lipinski definition) is 1. The highest BCUT2D eigenvalue weighted by Gasteiger charge is 2.20. The normalized spacial score (nSPS) is 12.1. The van der Waals surface area contributed by atoms with Gasteiger partial charge in [-0.2, -0.15) is 0 Å². The second-order valence-corrected chi connectivity index (χ2v) is 9.08. The van der Waals surface area contributed by atoms with Gasteiger partial charge < -0.3 is 5.32 Å². The van der Waals surface area contributed by atoms with E-state index < -0.39 is 0 Å². The molecule has 2 aromatic heterocycles. The van der Waals surface area contributed by atoms with Crippen LogP contribution in [0.15, 0.2) is 76.0 Å². The van der Waals surface area contributed by atoms with E-state index in [1.807, 2.05) is 73.0 Å². The number of aromatic nitrogens is 2. The van der Waals surface area contributed by atoms with Gasteiger partial charge >= 0.3 is 0 Å². The zero-order valence-electron chi connectivity index (χ0n) is 16.7. The van der Waals surface area contributed by atoms with Crippen molar-refractivity contribution in [2.75, 3.05) is 0 Å². The Morgan fingerprint density at radius 1 is 1.13 bits per heavy atom. The molecule has 0 radical (unpaired) electrons. The summed E-state index contributed by atoms with van der Waals surface area (Å²) in [6, 6.07) is 19.6. The van der Waals surface area contributed by atoms with E-state index in [9.17, 15) is 9.59 Å². The van der Waals surface area contributed by atoms with Crippen LogP contribution in [0.3, 0.4) is 0 Å². The van der Waals surface area contributed by atoms with Gasteiger partial charge in [-0.25, -0.2) is 4.98 Å². The van der Waals surface area contributed by atoms with Crippen LogP contribution >= 0.6 is 23.1 Å². The number of thiophene rings is 1. The van der Waals surface area contributed by atoms with Crippen LogP contribution in [0, 0.1) is 0 Å². The molecule has 0 saturated carbocycles. The van der Waals surface area contributed by atoms with Crippen LogP contribution in [0.25, 0.3) is 21.3 Å². The molecule has 0 aliphatic rings. The number of rotatable bonds is 6. The zero-order chi connectivity index (χ0) is 21.1. The Balaban J connectivity index is 1.55. The SMILES string of the molecule is CC(Sc1nc2scc(-c3ccccc3)c2c(=O)n1C)C(=O)NCc1ccccc1. The van der Waals surface area contributed by atoms with Gasteiger partial charge in [0.05, 0.1) is 10.6 Å². The van der Waals surface area contributed by atoms with E-state index in [1.165, 1.54) is 27.7 Å². The molecule has 1 N–H and O–H groups in total. The van der Waals surface area contributed by atoms with Crippen molar-refractivity contribution in [2.24, 2.45) is 7.05 Å². The Morgan fingerprint density at radius 3 is 2.50 bits per heavy atom. The predicted molar refractivity (Wildman–Crippen MR) is 124 cm³/mol. The number of fused-ring (bicyclic) bond motifs is 1. The van der Waals surface area contributed by atoms with E-state index in [0.29, 0.717) is 21.9 Å². The van der Waals surface area contributed by atoms with E-state index in [-0.39, 0.29) is 16.7 Å². The third-order valence-electron chi connectivity index (χ3n) is 4.82. The minimum Gasteiger partial charge on any atom is -0.351 e. The molecule has 0 aliphatic heterocycles. The lowest BCUT2D eigenvalue weighted by molar-refractivity contribution is -0.120. The van der Waals surface area contributed by atoms with Crippen LogP contribution in [-0.2, 0) is 18.4 Å². The highest BCUT2D eigenvalue weighted by molar-refractivity contribution is 8.00. The van der Waals surface area contributed by atoms with Crippen molar-refractivity contribution < 1.29 is 4.79 Å². The number of benzene rings is 2. The Labute approximate surface area is 182 Å². The van der Waals surface area contributed by atoms with Crippen molar-refractivity contribution >= 4 is 39.2 Å². The van der Waals surface area contributed by atoms with Crippen molar-refractivity contribution in [1.82, 2.24) is 14.9 Å².